The highest BCUT2D eigenvalue weighted by Crippen LogP contribution is 2.21. The Bertz CT molecular complexity index is 518. The molecular formula is C15H20N4. The molecule has 0 saturated carbocycles. The van der Waals surface area contributed by atoms with Crippen molar-refractivity contribution in [2.45, 2.75) is 13.8 Å². The van der Waals surface area contributed by atoms with E-state index in [-0.39, 0.29) is 0 Å². The molecular weight excluding hydrogens is 236 g/mol. The molecule has 2 aromatic rings. The van der Waals surface area contributed by atoms with Crippen molar-refractivity contribution >= 4 is 22.9 Å². The Labute approximate surface area is 114 Å². The van der Waals surface area contributed by atoms with Crippen molar-refractivity contribution in [1.82, 2.24) is 4.98 Å². The number of hydrogen-bond donors (Lipinski definition) is 2. The Kier molecular flexibility index (Phi) is 4.23. The second-order valence-corrected chi connectivity index (χ2v) is 4.31. The summed E-state index contributed by atoms with van der Waals surface area (Å²) in [6.07, 6.45) is 1.70. The van der Waals surface area contributed by atoms with Gasteiger partial charge in [-0.25, -0.2) is 4.98 Å². The van der Waals surface area contributed by atoms with Gasteiger partial charge in [-0.2, -0.15) is 0 Å². The molecule has 3 N–H and O–H groups in total. The van der Waals surface area contributed by atoms with E-state index < -0.39 is 0 Å². The van der Waals surface area contributed by atoms with Gasteiger partial charge in [0, 0.05) is 42.4 Å². The van der Waals surface area contributed by atoms with Gasteiger partial charge >= 0.3 is 0 Å². The summed E-state index contributed by atoms with van der Waals surface area (Å²) in [5.41, 5.74) is 8.89. The van der Waals surface area contributed by atoms with E-state index in [0.29, 0.717) is 5.82 Å². The Morgan fingerprint density at radius 2 is 1.74 bits per heavy atom. The minimum Gasteiger partial charge on any atom is -0.384 e. The first-order chi connectivity index (χ1) is 9.22. The molecule has 0 aliphatic carbocycles. The van der Waals surface area contributed by atoms with E-state index in [0.717, 1.165) is 24.5 Å². The summed E-state index contributed by atoms with van der Waals surface area (Å²) in [5, 5.41) is 3.31. The van der Waals surface area contributed by atoms with Crippen molar-refractivity contribution < 1.29 is 0 Å². The lowest BCUT2D eigenvalue weighted by atomic mass is 10.2. The molecule has 0 bridgehead atoms. The lowest BCUT2D eigenvalue weighted by Gasteiger charge is -2.21. The molecule has 0 saturated heterocycles. The number of anilines is 4. The van der Waals surface area contributed by atoms with Crippen molar-refractivity contribution in [3.8, 4) is 0 Å². The molecule has 4 heteroatoms. The highest BCUT2D eigenvalue weighted by atomic mass is 15.1. The van der Waals surface area contributed by atoms with Crippen molar-refractivity contribution in [2.75, 3.05) is 29.0 Å². The summed E-state index contributed by atoms with van der Waals surface area (Å²) in [4.78, 5) is 6.29. The molecule has 0 amide bonds. The molecule has 0 fully saturated rings. The van der Waals surface area contributed by atoms with Crippen molar-refractivity contribution in [3.63, 3.8) is 0 Å². The maximum absolute atomic E-state index is 5.65. The number of benzene rings is 1. The summed E-state index contributed by atoms with van der Waals surface area (Å²) >= 11 is 0. The van der Waals surface area contributed by atoms with E-state index in [1.165, 1.54) is 5.69 Å². The number of hydrogen-bond acceptors (Lipinski definition) is 4. The molecule has 0 radical (unpaired) electrons. The summed E-state index contributed by atoms with van der Waals surface area (Å²) in [7, 11) is 0. The lowest BCUT2D eigenvalue weighted by Crippen LogP contribution is -2.21. The molecule has 0 aliphatic rings. The number of pyridine rings is 1. The van der Waals surface area contributed by atoms with Gasteiger partial charge in [0.15, 0.2) is 0 Å². The first kappa shape index (κ1) is 13.2. The first-order valence-electron chi connectivity index (χ1n) is 6.56. The van der Waals surface area contributed by atoms with Gasteiger partial charge in [-0.05, 0) is 44.2 Å². The lowest BCUT2D eigenvalue weighted by molar-refractivity contribution is 0.866. The molecule has 1 aromatic carbocycles. The maximum Gasteiger partial charge on any atom is 0.125 e. The molecule has 0 spiro atoms. The Hall–Kier alpha value is -2.23. The van der Waals surface area contributed by atoms with Crippen LogP contribution in [0.3, 0.4) is 0 Å². The van der Waals surface area contributed by atoms with Crippen LogP contribution < -0.4 is 16.0 Å². The number of rotatable bonds is 5. The maximum atomic E-state index is 5.65. The summed E-state index contributed by atoms with van der Waals surface area (Å²) in [6, 6.07) is 12.1. The number of nitrogen functional groups attached to an aromatic ring is 1. The number of aromatic nitrogens is 1. The van der Waals surface area contributed by atoms with Crippen LogP contribution in [-0.4, -0.2) is 18.1 Å². The van der Waals surface area contributed by atoms with Gasteiger partial charge in [0.05, 0.1) is 0 Å². The minimum atomic E-state index is 0.518. The number of nitrogens with zero attached hydrogens (tertiary/aromatic N) is 2. The quantitative estimate of drug-likeness (QED) is 0.862. The largest absolute Gasteiger partial charge is 0.384 e. The minimum absolute atomic E-state index is 0.518. The third-order valence-corrected chi connectivity index (χ3v) is 3.07. The first-order valence-corrected chi connectivity index (χ1v) is 6.56. The fraction of sp³-hybridized carbons (Fsp3) is 0.267. The van der Waals surface area contributed by atoms with E-state index in [9.17, 15) is 0 Å². The topological polar surface area (TPSA) is 54.2 Å². The van der Waals surface area contributed by atoms with Crippen molar-refractivity contribution in [2.24, 2.45) is 0 Å². The molecule has 0 unspecified atom stereocenters. The average molecular weight is 256 g/mol. The molecule has 100 valence electrons. The van der Waals surface area contributed by atoms with E-state index >= 15 is 0 Å². The molecule has 0 aliphatic heterocycles. The zero-order chi connectivity index (χ0) is 13.7. The zero-order valence-corrected chi connectivity index (χ0v) is 11.4. The van der Waals surface area contributed by atoms with Crippen LogP contribution in [0.4, 0.5) is 22.9 Å². The van der Waals surface area contributed by atoms with Crippen LogP contribution in [0.1, 0.15) is 13.8 Å². The molecule has 0 atom stereocenters. The fourth-order valence-corrected chi connectivity index (χ4v) is 2.04. The number of nitrogens with one attached hydrogen (secondary N) is 1. The van der Waals surface area contributed by atoms with Crippen LogP contribution in [0.2, 0.25) is 0 Å². The van der Waals surface area contributed by atoms with Crippen LogP contribution >= 0.6 is 0 Å². The second-order valence-electron chi connectivity index (χ2n) is 4.31. The molecule has 4 nitrogen and oxygen atoms in total. The highest BCUT2D eigenvalue weighted by molar-refractivity contribution is 5.64. The average Bonchev–Trinajstić information content (AvgIpc) is 2.42. The smallest absolute Gasteiger partial charge is 0.125 e. The molecule has 2 rings (SSSR count). The van der Waals surface area contributed by atoms with Gasteiger partial charge in [0.2, 0.25) is 0 Å². The van der Waals surface area contributed by atoms with E-state index in [1.54, 1.807) is 6.20 Å². The van der Waals surface area contributed by atoms with Crippen LogP contribution in [0.15, 0.2) is 42.6 Å². The molecule has 1 heterocycles. The third kappa shape index (κ3) is 3.37. The Morgan fingerprint density at radius 1 is 1.05 bits per heavy atom. The van der Waals surface area contributed by atoms with E-state index in [2.05, 4.69) is 53.3 Å². The standard InChI is InChI=1S/C15H20N4/c1-3-19(4-2)14-7-5-12(6-8-14)18-13-9-10-17-15(16)11-13/h5-11H,3-4H2,1-2H3,(H3,16,17,18). The van der Waals surface area contributed by atoms with Gasteiger partial charge in [0.1, 0.15) is 5.82 Å². The van der Waals surface area contributed by atoms with Crippen molar-refractivity contribution in [3.05, 3.63) is 42.6 Å². The SMILES string of the molecule is CCN(CC)c1ccc(Nc2ccnc(N)c2)cc1. The van der Waals surface area contributed by atoms with Gasteiger partial charge in [-0.3, -0.25) is 0 Å². The van der Waals surface area contributed by atoms with Crippen LogP contribution in [-0.2, 0) is 0 Å². The second kappa shape index (κ2) is 6.09. The number of nitrogens with two attached hydrogens (primary N) is 1. The van der Waals surface area contributed by atoms with Crippen LogP contribution in [0.5, 0.6) is 0 Å². The van der Waals surface area contributed by atoms with Gasteiger partial charge in [0.25, 0.3) is 0 Å². The Morgan fingerprint density at radius 3 is 2.32 bits per heavy atom. The van der Waals surface area contributed by atoms with Gasteiger partial charge < -0.3 is 16.0 Å². The monoisotopic (exact) mass is 256 g/mol. The fourth-order valence-electron chi connectivity index (χ4n) is 2.04. The summed E-state index contributed by atoms with van der Waals surface area (Å²) in [6.45, 7) is 6.36. The third-order valence-electron chi connectivity index (χ3n) is 3.07. The normalized spacial score (nSPS) is 10.2. The van der Waals surface area contributed by atoms with Gasteiger partial charge in [-0.15, -0.1) is 0 Å². The predicted molar refractivity (Wildman–Crippen MR) is 81.9 cm³/mol. The van der Waals surface area contributed by atoms with E-state index in [1.807, 2.05) is 12.1 Å². The van der Waals surface area contributed by atoms with Crippen LogP contribution in [0, 0.1) is 0 Å². The summed E-state index contributed by atoms with van der Waals surface area (Å²) in [5.74, 6) is 0.518. The summed E-state index contributed by atoms with van der Waals surface area (Å²) < 4.78 is 0. The molecule has 1 aromatic heterocycles. The van der Waals surface area contributed by atoms with Gasteiger partial charge in [-0.1, -0.05) is 0 Å². The molecule has 19 heavy (non-hydrogen) atoms. The van der Waals surface area contributed by atoms with Crippen LogP contribution in [0.25, 0.3) is 0 Å². The highest BCUT2D eigenvalue weighted by Gasteiger charge is 2.01. The predicted octanol–water partition coefficient (Wildman–Crippen LogP) is 3.25. The van der Waals surface area contributed by atoms with Crippen molar-refractivity contribution in [1.29, 1.82) is 0 Å². The van der Waals surface area contributed by atoms with E-state index in [4.69, 9.17) is 5.73 Å². The zero-order valence-electron chi connectivity index (χ0n) is 11.4. The Balaban J connectivity index is 2.10.